The summed E-state index contributed by atoms with van der Waals surface area (Å²) in [6.07, 6.45) is -1.05. The zero-order valence-corrected chi connectivity index (χ0v) is 14.6. The van der Waals surface area contributed by atoms with Crippen LogP contribution in [0.4, 0.5) is 4.79 Å². The molecule has 0 aromatic heterocycles. The maximum absolute atomic E-state index is 12.3. The first kappa shape index (κ1) is 20.9. The number of hydrogen-bond donors (Lipinski definition) is 2. The van der Waals surface area contributed by atoms with E-state index in [0.29, 0.717) is 0 Å². The van der Waals surface area contributed by atoms with Crippen LogP contribution in [0, 0.1) is 0 Å². The van der Waals surface area contributed by atoms with Crippen molar-refractivity contribution in [3.63, 3.8) is 0 Å². The van der Waals surface area contributed by atoms with Crippen LogP contribution >= 0.6 is 7.60 Å². The molecule has 0 rings (SSSR count). The molecule has 1 unspecified atom stereocenters. The highest BCUT2D eigenvalue weighted by molar-refractivity contribution is 7.53. The molecule has 9 heteroatoms. The predicted octanol–water partition coefficient (Wildman–Crippen LogP) is 2.62. The van der Waals surface area contributed by atoms with E-state index in [-0.39, 0.29) is 25.8 Å². The predicted molar refractivity (Wildman–Crippen MR) is 81.1 cm³/mol. The Morgan fingerprint density at radius 1 is 1.18 bits per heavy atom. The highest BCUT2D eigenvalue weighted by Crippen LogP contribution is 2.48. The van der Waals surface area contributed by atoms with Crippen LogP contribution in [0.2, 0.25) is 0 Å². The standard InChI is InChI=1S/C13H26NO7P/c1-6-19-22(18,20-7-2)9-8-10(11(15)16)14-12(17)21-13(3,4)5/h10H,6-9H2,1-5H3,(H,14,17)(H,15,16). The Morgan fingerprint density at radius 2 is 1.68 bits per heavy atom. The number of amides is 1. The second-order valence-corrected chi connectivity index (χ2v) is 7.68. The molecular weight excluding hydrogens is 313 g/mol. The Balaban J connectivity index is 4.68. The van der Waals surface area contributed by atoms with E-state index in [1.54, 1.807) is 34.6 Å². The molecule has 0 saturated heterocycles. The first-order valence-electron chi connectivity index (χ1n) is 7.13. The average molecular weight is 339 g/mol. The topological polar surface area (TPSA) is 111 Å². The van der Waals surface area contributed by atoms with Crippen molar-refractivity contribution in [2.45, 2.75) is 52.7 Å². The van der Waals surface area contributed by atoms with Crippen LogP contribution in [0.3, 0.4) is 0 Å². The van der Waals surface area contributed by atoms with Gasteiger partial charge in [0, 0.05) is 0 Å². The highest BCUT2D eigenvalue weighted by Gasteiger charge is 2.29. The van der Waals surface area contributed by atoms with Crippen molar-refractivity contribution in [3.8, 4) is 0 Å². The fourth-order valence-corrected chi connectivity index (χ4v) is 3.25. The van der Waals surface area contributed by atoms with Gasteiger partial charge in [-0.15, -0.1) is 0 Å². The van der Waals surface area contributed by atoms with Crippen LogP contribution in [0.5, 0.6) is 0 Å². The number of carboxylic acids is 1. The maximum atomic E-state index is 12.3. The third-order valence-electron chi connectivity index (χ3n) is 2.33. The monoisotopic (exact) mass is 339 g/mol. The summed E-state index contributed by atoms with van der Waals surface area (Å²) in [5, 5.41) is 11.4. The molecule has 0 aromatic carbocycles. The molecule has 0 aliphatic rings. The van der Waals surface area contributed by atoms with Crippen molar-refractivity contribution in [2.75, 3.05) is 19.4 Å². The van der Waals surface area contributed by atoms with Crippen LogP contribution in [0.25, 0.3) is 0 Å². The molecule has 0 saturated carbocycles. The van der Waals surface area contributed by atoms with Crippen LogP contribution in [-0.4, -0.2) is 48.2 Å². The van der Waals surface area contributed by atoms with Crippen LogP contribution in [0.1, 0.15) is 41.0 Å². The number of carboxylic acid groups (broad SMARTS) is 1. The van der Waals surface area contributed by atoms with Crippen molar-refractivity contribution >= 4 is 19.7 Å². The molecule has 0 aliphatic heterocycles. The van der Waals surface area contributed by atoms with Gasteiger partial charge in [-0.3, -0.25) is 4.57 Å². The second-order valence-electron chi connectivity index (χ2n) is 5.50. The van der Waals surface area contributed by atoms with Gasteiger partial charge in [0.2, 0.25) is 0 Å². The molecule has 0 aromatic rings. The van der Waals surface area contributed by atoms with Gasteiger partial charge in [-0.1, -0.05) is 0 Å². The number of carbonyl (C=O) groups is 2. The van der Waals surface area contributed by atoms with Gasteiger partial charge in [-0.2, -0.15) is 0 Å². The minimum absolute atomic E-state index is 0.0914. The molecule has 1 amide bonds. The average Bonchev–Trinajstić information content (AvgIpc) is 2.32. The lowest BCUT2D eigenvalue weighted by atomic mass is 10.2. The van der Waals surface area contributed by atoms with Crippen molar-refractivity contribution in [1.29, 1.82) is 0 Å². The van der Waals surface area contributed by atoms with Gasteiger partial charge in [0.05, 0.1) is 19.4 Å². The van der Waals surface area contributed by atoms with E-state index in [1.807, 2.05) is 0 Å². The summed E-state index contributed by atoms with van der Waals surface area (Å²) in [6.45, 7) is 8.71. The van der Waals surface area contributed by atoms with Crippen molar-refractivity contribution in [1.82, 2.24) is 5.32 Å². The van der Waals surface area contributed by atoms with E-state index in [0.717, 1.165) is 0 Å². The van der Waals surface area contributed by atoms with Gasteiger partial charge in [-0.05, 0) is 41.0 Å². The minimum Gasteiger partial charge on any atom is -0.480 e. The summed E-state index contributed by atoms with van der Waals surface area (Å²) in [5.74, 6) is -1.24. The van der Waals surface area contributed by atoms with Gasteiger partial charge >= 0.3 is 19.7 Å². The number of nitrogens with one attached hydrogen (secondary N) is 1. The minimum atomic E-state index is -3.35. The quantitative estimate of drug-likeness (QED) is 0.621. The lowest BCUT2D eigenvalue weighted by Crippen LogP contribution is -2.43. The largest absolute Gasteiger partial charge is 0.480 e. The summed E-state index contributed by atoms with van der Waals surface area (Å²) in [5.41, 5.74) is -0.737. The number of alkyl carbamates (subject to hydrolysis) is 1. The molecule has 0 spiro atoms. The number of rotatable bonds is 9. The third kappa shape index (κ3) is 9.02. The van der Waals surface area contributed by atoms with E-state index in [2.05, 4.69) is 5.32 Å². The smallest absolute Gasteiger partial charge is 0.408 e. The normalized spacial score (nSPS) is 13.5. The summed E-state index contributed by atoms with van der Waals surface area (Å²) >= 11 is 0. The number of hydrogen-bond acceptors (Lipinski definition) is 6. The summed E-state index contributed by atoms with van der Waals surface area (Å²) in [6, 6.07) is -1.23. The molecule has 0 radical (unpaired) electrons. The summed E-state index contributed by atoms with van der Waals surface area (Å²) < 4.78 is 27.4. The molecule has 22 heavy (non-hydrogen) atoms. The lowest BCUT2D eigenvalue weighted by Gasteiger charge is -2.23. The van der Waals surface area contributed by atoms with Crippen LogP contribution < -0.4 is 5.32 Å². The number of aliphatic carboxylic acids is 1. The van der Waals surface area contributed by atoms with Gasteiger partial charge < -0.3 is 24.2 Å². The molecule has 130 valence electrons. The van der Waals surface area contributed by atoms with E-state index < -0.39 is 31.3 Å². The molecule has 0 aliphatic carbocycles. The maximum Gasteiger partial charge on any atom is 0.408 e. The fraction of sp³-hybridized carbons (Fsp3) is 0.846. The zero-order valence-electron chi connectivity index (χ0n) is 13.7. The molecule has 2 N–H and O–H groups in total. The first-order valence-corrected chi connectivity index (χ1v) is 8.86. The number of carbonyl (C=O) groups excluding carboxylic acids is 1. The van der Waals surface area contributed by atoms with Gasteiger partial charge in [0.1, 0.15) is 11.6 Å². The second kappa shape index (κ2) is 9.12. The van der Waals surface area contributed by atoms with E-state index in [4.69, 9.17) is 18.9 Å². The Hall–Kier alpha value is -1.11. The molecule has 1 atom stereocenters. The van der Waals surface area contributed by atoms with Crippen LogP contribution in [0.15, 0.2) is 0 Å². The first-order chi connectivity index (χ1) is 10.0. The van der Waals surface area contributed by atoms with Gasteiger partial charge in [0.25, 0.3) is 0 Å². The van der Waals surface area contributed by atoms with E-state index in [9.17, 15) is 14.2 Å². The number of ether oxygens (including phenoxy) is 1. The Labute approximate surface area is 131 Å². The highest BCUT2D eigenvalue weighted by atomic mass is 31.2. The Kier molecular flexibility index (Phi) is 8.66. The Bertz CT molecular complexity index is 409. The molecule has 0 bridgehead atoms. The third-order valence-corrected chi connectivity index (χ3v) is 4.44. The van der Waals surface area contributed by atoms with E-state index >= 15 is 0 Å². The lowest BCUT2D eigenvalue weighted by molar-refractivity contribution is -0.139. The molecular formula is C13H26NO7P. The summed E-state index contributed by atoms with van der Waals surface area (Å²) in [4.78, 5) is 22.8. The van der Waals surface area contributed by atoms with Crippen LogP contribution in [-0.2, 0) is 23.1 Å². The Morgan fingerprint density at radius 3 is 2.05 bits per heavy atom. The SMILES string of the molecule is CCOP(=O)(CCC(NC(=O)OC(C)(C)C)C(=O)O)OCC. The molecule has 0 heterocycles. The summed E-state index contributed by atoms with van der Waals surface area (Å²) in [7, 11) is -3.35. The van der Waals surface area contributed by atoms with Crippen molar-refractivity contribution in [2.24, 2.45) is 0 Å². The zero-order chi connectivity index (χ0) is 17.4. The van der Waals surface area contributed by atoms with Crippen molar-refractivity contribution < 1.29 is 33.0 Å². The van der Waals surface area contributed by atoms with Crippen molar-refractivity contribution in [3.05, 3.63) is 0 Å². The fourth-order valence-electron chi connectivity index (χ4n) is 1.55. The van der Waals surface area contributed by atoms with Gasteiger partial charge in [-0.25, -0.2) is 9.59 Å². The molecule has 8 nitrogen and oxygen atoms in total. The molecule has 0 fully saturated rings. The van der Waals surface area contributed by atoms with Gasteiger partial charge in [0.15, 0.2) is 0 Å². The van der Waals surface area contributed by atoms with E-state index in [1.165, 1.54) is 0 Å².